The highest BCUT2D eigenvalue weighted by atomic mass is 19.4. The van der Waals surface area contributed by atoms with E-state index in [9.17, 15) is 18.0 Å². The van der Waals surface area contributed by atoms with E-state index < -0.39 is 17.8 Å². The lowest BCUT2D eigenvalue weighted by Gasteiger charge is -2.17. The number of nitrogen functional groups attached to an aromatic ring is 1. The van der Waals surface area contributed by atoms with Crippen LogP contribution in [-0.4, -0.2) is 32.2 Å². The van der Waals surface area contributed by atoms with Crippen molar-refractivity contribution in [2.75, 3.05) is 31.3 Å². The first-order valence-corrected chi connectivity index (χ1v) is 6.25. The molecule has 0 bridgehead atoms. The fraction of sp³-hybridized carbons (Fsp3) is 0.462. The number of carbonyl (C=O) groups excluding carboxylic acids is 1. The molecule has 0 aliphatic rings. The van der Waals surface area contributed by atoms with Crippen LogP contribution in [0.15, 0.2) is 18.2 Å². The summed E-state index contributed by atoms with van der Waals surface area (Å²) in [5, 5.41) is 5.29. The van der Waals surface area contributed by atoms with E-state index in [1.54, 1.807) is 6.92 Å². The van der Waals surface area contributed by atoms with Gasteiger partial charge in [-0.15, -0.1) is 0 Å². The number of methoxy groups -OCH3 is 1. The van der Waals surface area contributed by atoms with Crippen LogP contribution >= 0.6 is 0 Å². The largest absolute Gasteiger partial charge is 0.418 e. The Morgan fingerprint density at radius 2 is 2.10 bits per heavy atom. The molecular formula is C13H18F3N3O2. The van der Waals surface area contributed by atoms with Crippen molar-refractivity contribution < 1.29 is 22.7 Å². The molecule has 4 N–H and O–H groups in total. The number of alkyl halides is 3. The molecule has 0 saturated carbocycles. The quantitative estimate of drug-likeness (QED) is 0.554. The molecule has 0 radical (unpaired) electrons. The van der Waals surface area contributed by atoms with E-state index >= 15 is 0 Å². The Kier molecular flexibility index (Phi) is 5.83. The van der Waals surface area contributed by atoms with Gasteiger partial charge in [-0.2, -0.15) is 13.2 Å². The number of anilines is 2. The molecule has 5 nitrogen and oxygen atoms in total. The molecule has 1 aromatic carbocycles. The minimum absolute atomic E-state index is 0.172. The van der Waals surface area contributed by atoms with E-state index in [1.807, 2.05) is 0 Å². The van der Waals surface area contributed by atoms with E-state index in [0.717, 1.165) is 12.1 Å². The van der Waals surface area contributed by atoms with Crippen LogP contribution in [0.1, 0.15) is 12.5 Å². The van der Waals surface area contributed by atoms with Crippen molar-refractivity contribution in [3.05, 3.63) is 23.8 Å². The van der Waals surface area contributed by atoms with Crippen molar-refractivity contribution in [1.29, 1.82) is 0 Å². The van der Waals surface area contributed by atoms with Gasteiger partial charge >= 0.3 is 6.18 Å². The average molecular weight is 305 g/mol. The third-order valence-electron chi connectivity index (χ3n) is 2.74. The molecule has 1 aromatic rings. The Hall–Kier alpha value is -1.96. The molecule has 1 amide bonds. The Bertz CT molecular complexity index is 492. The molecule has 118 valence electrons. The van der Waals surface area contributed by atoms with E-state index in [2.05, 4.69) is 10.6 Å². The van der Waals surface area contributed by atoms with Crippen molar-refractivity contribution in [3.8, 4) is 0 Å². The van der Waals surface area contributed by atoms with Crippen LogP contribution in [0.3, 0.4) is 0 Å². The number of halogens is 3. The molecule has 1 unspecified atom stereocenters. The van der Waals surface area contributed by atoms with Crippen molar-refractivity contribution in [2.45, 2.75) is 19.1 Å². The lowest BCUT2D eigenvalue weighted by Crippen LogP contribution is -2.39. The number of hydrogen-bond acceptors (Lipinski definition) is 4. The van der Waals surface area contributed by atoms with Gasteiger partial charge in [0.25, 0.3) is 0 Å². The molecule has 21 heavy (non-hydrogen) atoms. The number of amides is 1. The maximum atomic E-state index is 12.7. The number of carbonyl (C=O) groups is 1. The molecule has 8 heteroatoms. The second kappa shape index (κ2) is 7.16. The van der Waals surface area contributed by atoms with Crippen molar-refractivity contribution in [3.63, 3.8) is 0 Å². The van der Waals surface area contributed by atoms with Gasteiger partial charge in [0, 0.05) is 25.0 Å². The zero-order valence-electron chi connectivity index (χ0n) is 11.8. The van der Waals surface area contributed by atoms with Gasteiger partial charge < -0.3 is 21.1 Å². The molecule has 0 fully saturated rings. The number of rotatable bonds is 6. The lowest BCUT2D eigenvalue weighted by molar-refractivity contribution is -0.136. The van der Waals surface area contributed by atoms with Gasteiger partial charge in [0.15, 0.2) is 0 Å². The molecule has 1 rings (SSSR count). The summed E-state index contributed by atoms with van der Waals surface area (Å²) in [5.74, 6) is -0.336. The summed E-state index contributed by atoms with van der Waals surface area (Å²) in [7, 11) is 1.50. The van der Waals surface area contributed by atoms with Crippen LogP contribution < -0.4 is 16.4 Å². The number of ether oxygens (including phenoxy) is 1. The van der Waals surface area contributed by atoms with E-state index in [1.165, 1.54) is 13.2 Å². The minimum atomic E-state index is -4.54. The van der Waals surface area contributed by atoms with Crippen molar-refractivity contribution in [1.82, 2.24) is 5.32 Å². The molecular weight excluding hydrogens is 287 g/mol. The standard InChI is InChI=1S/C13H18F3N3O2/c1-8(12(20)18-5-6-21-2)19-9-3-4-11(17)10(7-9)13(14,15)16/h3-4,7-8,19H,5-6,17H2,1-2H3,(H,18,20). The highest BCUT2D eigenvalue weighted by molar-refractivity contribution is 5.84. The SMILES string of the molecule is COCCNC(=O)C(C)Nc1ccc(N)c(C(F)(F)F)c1. The molecule has 1 atom stereocenters. The average Bonchev–Trinajstić information content (AvgIpc) is 2.39. The molecule has 0 aliphatic heterocycles. The predicted molar refractivity (Wildman–Crippen MR) is 73.8 cm³/mol. The second-order valence-corrected chi connectivity index (χ2v) is 4.45. The molecule has 0 spiro atoms. The molecule has 0 aliphatic carbocycles. The number of nitrogens with one attached hydrogen (secondary N) is 2. The summed E-state index contributed by atoms with van der Waals surface area (Å²) in [5.41, 5.74) is 4.19. The first kappa shape index (κ1) is 17.1. The highest BCUT2D eigenvalue weighted by Gasteiger charge is 2.33. The summed E-state index contributed by atoms with van der Waals surface area (Å²) in [4.78, 5) is 11.7. The van der Waals surface area contributed by atoms with Crippen LogP contribution in [0.2, 0.25) is 0 Å². The van der Waals surface area contributed by atoms with Gasteiger partial charge in [-0.1, -0.05) is 0 Å². The Morgan fingerprint density at radius 1 is 1.43 bits per heavy atom. The summed E-state index contributed by atoms with van der Waals surface area (Å²) in [6.07, 6.45) is -4.54. The van der Waals surface area contributed by atoms with Crippen molar-refractivity contribution in [2.24, 2.45) is 0 Å². The molecule has 0 aromatic heterocycles. The first-order valence-electron chi connectivity index (χ1n) is 6.25. The number of benzene rings is 1. The highest BCUT2D eigenvalue weighted by Crippen LogP contribution is 2.35. The molecule has 0 heterocycles. The van der Waals surface area contributed by atoms with Gasteiger partial charge in [-0.25, -0.2) is 0 Å². The second-order valence-electron chi connectivity index (χ2n) is 4.45. The van der Waals surface area contributed by atoms with E-state index in [0.29, 0.717) is 13.2 Å². The zero-order chi connectivity index (χ0) is 16.0. The summed E-state index contributed by atoms with van der Waals surface area (Å²) in [6.45, 7) is 2.24. The van der Waals surface area contributed by atoms with Crippen LogP contribution in [0, 0.1) is 0 Å². The normalized spacial score (nSPS) is 12.8. The lowest BCUT2D eigenvalue weighted by atomic mass is 10.1. The number of nitrogens with two attached hydrogens (primary N) is 1. The summed E-state index contributed by atoms with van der Waals surface area (Å²) >= 11 is 0. The Balaban J connectivity index is 2.72. The topological polar surface area (TPSA) is 76.4 Å². The van der Waals surface area contributed by atoms with Gasteiger partial charge in [-0.3, -0.25) is 4.79 Å². The van der Waals surface area contributed by atoms with Gasteiger partial charge in [0.05, 0.1) is 12.2 Å². The Morgan fingerprint density at radius 3 is 2.67 bits per heavy atom. The van der Waals surface area contributed by atoms with Crippen LogP contribution in [0.25, 0.3) is 0 Å². The smallest absolute Gasteiger partial charge is 0.398 e. The maximum Gasteiger partial charge on any atom is 0.418 e. The predicted octanol–water partition coefficient (Wildman–Crippen LogP) is 1.85. The van der Waals surface area contributed by atoms with E-state index in [4.69, 9.17) is 10.5 Å². The first-order chi connectivity index (χ1) is 9.75. The van der Waals surface area contributed by atoms with Crippen LogP contribution in [-0.2, 0) is 15.7 Å². The number of hydrogen-bond donors (Lipinski definition) is 3. The Labute approximate surface area is 120 Å². The fourth-order valence-electron chi connectivity index (χ4n) is 1.64. The van der Waals surface area contributed by atoms with Gasteiger partial charge in [0.2, 0.25) is 5.91 Å². The maximum absolute atomic E-state index is 12.7. The van der Waals surface area contributed by atoms with Crippen molar-refractivity contribution >= 4 is 17.3 Å². The monoisotopic (exact) mass is 305 g/mol. The summed E-state index contributed by atoms with van der Waals surface area (Å²) in [6, 6.07) is 2.74. The molecule has 0 saturated heterocycles. The summed E-state index contributed by atoms with van der Waals surface area (Å²) < 4.78 is 43.0. The third-order valence-corrected chi connectivity index (χ3v) is 2.74. The fourth-order valence-corrected chi connectivity index (χ4v) is 1.64. The van der Waals surface area contributed by atoms with Crippen LogP contribution in [0.5, 0.6) is 0 Å². The van der Waals surface area contributed by atoms with Gasteiger partial charge in [-0.05, 0) is 25.1 Å². The zero-order valence-corrected chi connectivity index (χ0v) is 11.8. The van der Waals surface area contributed by atoms with E-state index in [-0.39, 0.29) is 17.3 Å². The minimum Gasteiger partial charge on any atom is -0.398 e. The van der Waals surface area contributed by atoms with Gasteiger partial charge in [0.1, 0.15) is 6.04 Å². The van der Waals surface area contributed by atoms with Crippen LogP contribution in [0.4, 0.5) is 24.5 Å². The third kappa shape index (κ3) is 5.14.